The van der Waals surface area contributed by atoms with Crippen LogP contribution in [0, 0.1) is 57.7 Å². The van der Waals surface area contributed by atoms with Crippen molar-refractivity contribution in [3.63, 3.8) is 0 Å². The van der Waals surface area contributed by atoms with Gasteiger partial charge >= 0.3 is 5.97 Å². The molecule has 7 saturated carbocycles. The van der Waals surface area contributed by atoms with E-state index in [2.05, 4.69) is 31.4 Å². The topological polar surface area (TPSA) is 245 Å². The molecule has 420 valence electrons. The summed E-state index contributed by atoms with van der Waals surface area (Å²) in [4.78, 5) is 40.1. The molecular weight excluding hydrogens is 940 g/mol. The van der Waals surface area contributed by atoms with Crippen molar-refractivity contribution in [1.29, 1.82) is 0 Å². The minimum Gasteiger partial charge on any atom is -0.461 e. The van der Waals surface area contributed by atoms with Crippen LogP contribution in [0.3, 0.4) is 0 Å². The maximum absolute atomic E-state index is 13.8. The lowest BCUT2D eigenvalue weighted by Crippen LogP contribution is -2.64. The molecule has 15 nitrogen and oxygen atoms in total. The summed E-state index contributed by atoms with van der Waals surface area (Å²) in [6.07, 6.45) is 9.24. The molecule has 0 aromatic rings. The van der Waals surface area contributed by atoms with Crippen LogP contribution in [-0.2, 0) is 28.6 Å². The summed E-state index contributed by atoms with van der Waals surface area (Å²) >= 11 is 0. The van der Waals surface area contributed by atoms with Crippen LogP contribution in [0.15, 0.2) is 0 Å². The van der Waals surface area contributed by atoms with Crippen molar-refractivity contribution in [3.05, 3.63) is 0 Å². The second-order valence-corrected chi connectivity index (χ2v) is 25.9. The zero-order valence-corrected chi connectivity index (χ0v) is 45.2. The number of fused-ring (bicyclic) bond motifs is 5. The molecule has 7 aliphatic carbocycles. The second-order valence-electron chi connectivity index (χ2n) is 25.9. The first kappa shape index (κ1) is 58.7. The van der Waals surface area contributed by atoms with Gasteiger partial charge in [-0.1, -0.05) is 86.5 Å². The first-order valence-electron chi connectivity index (χ1n) is 29.0. The van der Waals surface area contributed by atoms with Gasteiger partial charge in [0.25, 0.3) is 0 Å². The van der Waals surface area contributed by atoms with E-state index in [1.54, 1.807) is 20.8 Å². The Morgan fingerprint density at radius 2 is 1.38 bits per heavy atom. The maximum Gasteiger partial charge on any atom is 0.328 e. The third-order valence-electron chi connectivity index (χ3n) is 20.5. The predicted octanol–water partition coefficient (Wildman–Crippen LogP) is 6.31. The SMILES string of the molecule is CC[C@@H](O)[C@@H](O)[C@H](COC1OC(COC(=O)C(NC(=O)CC[C@@H](C)C2CCC3C4C(CC[C@@]32C)[C@@]2(C)CC[C@@H](O)CC2C[C@H]4O)C(C)C)C(O)C(O)C1O)NC(=O)CCCCCCCCCCC12CC(F)(C1)C2. The Labute approximate surface area is 435 Å². The highest BCUT2D eigenvalue weighted by molar-refractivity contribution is 5.84. The Kier molecular flexibility index (Phi) is 19.9. The van der Waals surface area contributed by atoms with Gasteiger partial charge in [0.1, 0.15) is 48.8 Å². The van der Waals surface area contributed by atoms with Crippen LogP contribution < -0.4 is 10.6 Å². The molecule has 0 aromatic carbocycles. The number of alkyl halides is 1. The van der Waals surface area contributed by atoms with Crippen LogP contribution in [0.1, 0.15) is 196 Å². The fourth-order valence-corrected chi connectivity index (χ4v) is 16.1. The van der Waals surface area contributed by atoms with Gasteiger partial charge in [0.2, 0.25) is 11.8 Å². The molecular formula is C57H97FN2O13. The Morgan fingerprint density at radius 1 is 0.753 bits per heavy atom. The average molecular weight is 1040 g/mol. The number of halogens is 1. The Bertz CT molecular complexity index is 1810. The van der Waals surface area contributed by atoms with E-state index in [0.29, 0.717) is 41.9 Å². The van der Waals surface area contributed by atoms with Crippen LogP contribution in [-0.4, -0.2) is 140 Å². The van der Waals surface area contributed by atoms with Gasteiger partial charge in [0.05, 0.1) is 31.0 Å². The van der Waals surface area contributed by atoms with E-state index < -0.39 is 79.8 Å². The van der Waals surface area contributed by atoms with E-state index in [9.17, 15) is 54.5 Å². The highest BCUT2D eigenvalue weighted by atomic mass is 19.1. The lowest BCUT2D eigenvalue weighted by atomic mass is 9.41. The summed E-state index contributed by atoms with van der Waals surface area (Å²) < 4.78 is 31.0. The minimum atomic E-state index is -1.77. The molecule has 73 heavy (non-hydrogen) atoms. The van der Waals surface area contributed by atoms with Crippen LogP contribution in [0.2, 0.25) is 0 Å². The van der Waals surface area contributed by atoms with Crippen molar-refractivity contribution in [2.75, 3.05) is 13.2 Å². The molecule has 0 radical (unpaired) electrons. The van der Waals surface area contributed by atoms with Crippen molar-refractivity contribution in [2.24, 2.45) is 57.7 Å². The molecule has 8 rings (SSSR count). The summed E-state index contributed by atoms with van der Waals surface area (Å²) in [5.41, 5.74) is -0.286. The van der Waals surface area contributed by atoms with E-state index >= 15 is 0 Å². The van der Waals surface area contributed by atoms with Gasteiger partial charge in [0.15, 0.2) is 6.29 Å². The highest BCUT2D eigenvalue weighted by Gasteiger charge is 2.68. The molecule has 2 amide bonds. The lowest BCUT2D eigenvalue weighted by molar-refractivity contribution is -0.303. The van der Waals surface area contributed by atoms with E-state index in [4.69, 9.17) is 14.2 Å². The molecule has 1 aliphatic heterocycles. The maximum atomic E-state index is 13.8. The van der Waals surface area contributed by atoms with Crippen molar-refractivity contribution in [3.8, 4) is 0 Å². The number of unbranched alkanes of at least 4 members (excludes halogenated alkanes) is 7. The molecule has 8 aliphatic rings. The molecule has 1 saturated heterocycles. The molecule has 11 unspecified atom stereocenters. The molecule has 2 bridgehead atoms. The highest BCUT2D eigenvalue weighted by Crippen LogP contribution is 2.71. The normalized spacial score (nSPS) is 40.6. The Hall–Kier alpha value is -2.02. The first-order chi connectivity index (χ1) is 34.5. The fourth-order valence-electron chi connectivity index (χ4n) is 16.1. The Morgan fingerprint density at radius 3 is 2.04 bits per heavy atom. The first-order valence-corrected chi connectivity index (χ1v) is 29.0. The number of carbonyl (C=O) groups is 3. The molecule has 0 spiro atoms. The van der Waals surface area contributed by atoms with Crippen molar-refractivity contribution < 1.29 is 68.7 Å². The van der Waals surface area contributed by atoms with Crippen molar-refractivity contribution in [2.45, 2.75) is 269 Å². The number of hydrogen-bond acceptors (Lipinski definition) is 13. The second kappa shape index (κ2) is 24.8. The number of aliphatic hydroxyl groups excluding tert-OH is 7. The number of aliphatic hydroxyl groups is 7. The zero-order valence-electron chi connectivity index (χ0n) is 45.2. The molecule has 16 heteroatoms. The van der Waals surface area contributed by atoms with Crippen molar-refractivity contribution >= 4 is 17.8 Å². The molecule has 1 heterocycles. The number of carbonyl (C=O) groups excluding carboxylic acids is 3. The monoisotopic (exact) mass is 1040 g/mol. The molecule has 19 atom stereocenters. The third-order valence-corrected chi connectivity index (χ3v) is 20.5. The van der Waals surface area contributed by atoms with Crippen LogP contribution >= 0.6 is 0 Å². The van der Waals surface area contributed by atoms with E-state index in [1.807, 2.05) is 0 Å². The molecule has 9 N–H and O–H groups in total. The smallest absolute Gasteiger partial charge is 0.328 e. The standard InChI is InChI=1S/C57H97FN2O13/c1-7-41(62)48(66)40(59-44(64)16-14-12-10-8-9-11-13-15-23-56-30-57(58,31-56)32-56)28-72-53-51(69)50(68)49(67)43(73-53)29-71-52(70)47(33(2)3)60-45(65)20-17-34(4)37-18-19-38-46-39(22-25-55(37,38)6)54(5)24-21-36(61)26-35(54)27-42(46)63/h33-43,46-51,53,61-63,66-69H,7-32H2,1-6H3,(H,59,64)(H,60,65)/t34-,35?,36-,37?,38?,39?,40+,41-,42-,43?,46?,47?,48+,49?,50?,51?,53?,54+,55-,56?,57?/m1/s1. The number of hydrogen-bond donors (Lipinski definition) is 9. The van der Waals surface area contributed by atoms with E-state index in [-0.39, 0.29) is 71.9 Å². The average Bonchev–Trinajstić information content (AvgIpc) is 3.69. The van der Waals surface area contributed by atoms with Crippen molar-refractivity contribution in [1.82, 2.24) is 10.6 Å². The third kappa shape index (κ3) is 13.3. The predicted molar refractivity (Wildman–Crippen MR) is 272 cm³/mol. The fraction of sp³-hybridized carbons (Fsp3) is 0.947. The zero-order chi connectivity index (χ0) is 53.0. The van der Waals surface area contributed by atoms with Gasteiger partial charge in [-0.15, -0.1) is 0 Å². The van der Waals surface area contributed by atoms with Crippen LogP contribution in [0.25, 0.3) is 0 Å². The van der Waals surface area contributed by atoms with Gasteiger partial charge in [-0.25, -0.2) is 9.18 Å². The van der Waals surface area contributed by atoms with Gasteiger partial charge < -0.3 is 60.6 Å². The summed E-state index contributed by atoms with van der Waals surface area (Å²) in [7, 11) is 0. The number of rotatable bonds is 27. The minimum absolute atomic E-state index is 0.0650. The van der Waals surface area contributed by atoms with Gasteiger partial charge in [0, 0.05) is 12.8 Å². The molecule has 8 fully saturated rings. The summed E-state index contributed by atoms with van der Waals surface area (Å²) in [5, 5.41) is 81.8. The lowest BCUT2D eigenvalue weighted by Gasteiger charge is -2.66. The number of amides is 2. The van der Waals surface area contributed by atoms with Gasteiger partial charge in [-0.2, -0.15) is 0 Å². The van der Waals surface area contributed by atoms with Crippen LogP contribution in [0.4, 0.5) is 4.39 Å². The number of ether oxygens (including phenoxy) is 3. The summed E-state index contributed by atoms with van der Waals surface area (Å²) in [5.74, 6) is 0.414. The largest absolute Gasteiger partial charge is 0.461 e. The van der Waals surface area contributed by atoms with Gasteiger partial charge in [-0.05, 0) is 154 Å². The quantitative estimate of drug-likeness (QED) is 0.0324. The van der Waals surface area contributed by atoms with Crippen LogP contribution in [0.5, 0.6) is 0 Å². The molecule has 0 aromatic heterocycles. The number of esters is 1. The Balaban J connectivity index is 0.826. The number of nitrogens with one attached hydrogen (secondary N) is 2. The van der Waals surface area contributed by atoms with E-state index in [0.717, 1.165) is 116 Å². The summed E-state index contributed by atoms with van der Waals surface area (Å²) in [6.45, 7) is 11.3. The summed E-state index contributed by atoms with van der Waals surface area (Å²) in [6, 6.07) is -2.12. The van der Waals surface area contributed by atoms with Gasteiger partial charge in [-0.3, -0.25) is 9.59 Å². The van der Waals surface area contributed by atoms with E-state index in [1.165, 1.54) is 6.42 Å².